The van der Waals surface area contributed by atoms with E-state index in [1.807, 2.05) is 13.8 Å². The van der Waals surface area contributed by atoms with E-state index in [2.05, 4.69) is 5.32 Å². The van der Waals surface area contributed by atoms with Gasteiger partial charge in [-0.25, -0.2) is 4.39 Å². The molecule has 112 valence electrons. The van der Waals surface area contributed by atoms with E-state index in [0.29, 0.717) is 18.5 Å². The fraction of sp³-hybridized carbons (Fsp3) is 0.375. The van der Waals surface area contributed by atoms with Crippen molar-refractivity contribution in [1.82, 2.24) is 0 Å². The molecule has 0 heterocycles. The molecule has 0 aliphatic heterocycles. The van der Waals surface area contributed by atoms with Crippen LogP contribution in [-0.2, 0) is 9.59 Å². The van der Waals surface area contributed by atoms with Crippen LogP contribution in [0, 0.1) is 17.7 Å². The average Bonchev–Trinajstić information content (AvgIpc) is 2.43. The number of halogens is 1. The van der Waals surface area contributed by atoms with Crippen molar-refractivity contribution < 1.29 is 19.1 Å². The van der Waals surface area contributed by atoms with Crippen LogP contribution in [0.1, 0.15) is 26.7 Å². The summed E-state index contributed by atoms with van der Waals surface area (Å²) in [5.41, 5.74) is 2.48. The second kappa shape index (κ2) is 6.08. The first-order chi connectivity index (χ1) is 9.88. The summed E-state index contributed by atoms with van der Waals surface area (Å²) in [5, 5.41) is 13.9. The molecule has 1 aromatic rings. The highest BCUT2D eigenvalue weighted by atomic mass is 19.1. The number of carboxylic acid groups (broad SMARTS) is 1. The van der Waals surface area contributed by atoms with E-state index in [1.165, 1.54) is 24.3 Å². The molecule has 0 saturated heterocycles. The quantitative estimate of drug-likeness (QED) is 0.864. The fourth-order valence-corrected chi connectivity index (χ4v) is 2.58. The summed E-state index contributed by atoms with van der Waals surface area (Å²) in [6.45, 7) is 3.78. The van der Waals surface area contributed by atoms with Crippen LogP contribution in [0.3, 0.4) is 0 Å². The van der Waals surface area contributed by atoms with Crippen molar-refractivity contribution >= 4 is 17.6 Å². The van der Waals surface area contributed by atoms with Crippen LogP contribution in [0.2, 0.25) is 0 Å². The number of rotatable bonds is 3. The van der Waals surface area contributed by atoms with Crippen LogP contribution in [0.15, 0.2) is 35.4 Å². The molecule has 1 aliphatic carbocycles. The number of allylic oxidation sites excluding steroid dienone is 2. The zero-order valence-electron chi connectivity index (χ0n) is 12.0. The van der Waals surface area contributed by atoms with E-state index in [4.69, 9.17) is 0 Å². The van der Waals surface area contributed by atoms with Gasteiger partial charge >= 0.3 is 0 Å². The minimum Gasteiger partial charge on any atom is -0.550 e. The lowest BCUT2D eigenvalue weighted by Gasteiger charge is -2.32. The van der Waals surface area contributed by atoms with Gasteiger partial charge in [0.1, 0.15) is 5.82 Å². The van der Waals surface area contributed by atoms with Gasteiger partial charge in [0, 0.05) is 17.6 Å². The number of anilines is 1. The lowest BCUT2D eigenvalue weighted by Crippen LogP contribution is -2.42. The minimum atomic E-state index is -1.21. The fourth-order valence-electron chi connectivity index (χ4n) is 2.58. The van der Waals surface area contributed by atoms with Gasteiger partial charge in [-0.1, -0.05) is 11.1 Å². The van der Waals surface area contributed by atoms with E-state index in [9.17, 15) is 19.1 Å². The van der Waals surface area contributed by atoms with E-state index in [0.717, 1.165) is 11.1 Å². The third-order valence-corrected chi connectivity index (χ3v) is 4.02. The molecule has 4 nitrogen and oxygen atoms in total. The monoisotopic (exact) mass is 290 g/mol. The highest BCUT2D eigenvalue weighted by Crippen LogP contribution is 2.34. The largest absolute Gasteiger partial charge is 0.550 e. The molecule has 1 aromatic carbocycles. The first-order valence-electron chi connectivity index (χ1n) is 6.81. The lowest BCUT2D eigenvalue weighted by atomic mass is 9.76. The summed E-state index contributed by atoms with van der Waals surface area (Å²) < 4.78 is 12.8. The van der Waals surface area contributed by atoms with Crippen molar-refractivity contribution in [2.75, 3.05) is 5.32 Å². The second-order valence-corrected chi connectivity index (χ2v) is 5.50. The molecule has 0 spiro atoms. The Morgan fingerprint density at radius 1 is 1.10 bits per heavy atom. The maximum absolute atomic E-state index is 12.8. The Hall–Kier alpha value is -2.17. The Balaban J connectivity index is 2.16. The molecule has 1 aliphatic rings. The Morgan fingerprint density at radius 3 is 2.14 bits per heavy atom. The number of nitrogens with one attached hydrogen (secondary N) is 1. The number of amides is 1. The Morgan fingerprint density at radius 2 is 1.62 bits per heavy atom. The van der Waals surface area contributed by atoms with Crippen LogP contribution in [0.5, 0.6) is 0 Å². The smallest absolute Gasteiger partial charge is 0.228 e. The number of carboxylic acids is 1. The second-order valence-electron chi connectivity index (χ2n) is 5.50. The molecule has 2 atom stereocenters. The standard InChI is InChI=1S/C16H18FNO3/c1-9-7-13(14(16(20)21)8-10(9)2)15(19)18-12-5-3-11(17)4-6-12/h3-6,13-14H,7-8H2,1-2H3,(H,18,19)(H,20,21)/p-1/t13-,14+/m0/s1. The molecule has 0 aromatic heterocycles. The summed E-state index contributed by atoms with van der Waals surface area (Å²) in [6, 6.07) is 5.36. The molecule has 1 N–H and O–H groups in total. The van der Waals surface area contributed by atoms with Gasteiger partial charge in [-0.3, -0.25) is 4.79 Å². The molecule has 21 heavy (non-hydrogen) atoms. The van der Waals surface area contributed by atoms with Crippen molar-refractivity contribution in [1.29, 1.82) is 0 Å². The number of aliphatic carboxylic acids is 1. The third kappa shape index (κ3) is 3.48. The van der Waals surface area contributed by atoms with Crippen molar-refractivity contribution in [3.63, 3.8) is 0 Å². The number of hydrogen-bond donors (Lipinski definition) is 1. The maximum Gasteiger partial charge on any atom is 0.228 e. The van der Waals surface area contributed by atoms with Crippen molar-refractivity contribution in [3.05, 3.63) is 41.2 Å². The van der Waals surface area contributed by atoms with Crippen LogP contribution in [-0.4, -0.2) is 11.9 Å². The van der Waals surface area contributed by atoms with Crippen molar-refractivity contribution in [2.45, 2.75) is 26.7 Å². The number of carbonyl (C=O) groups excluding carboxylic acids is 2. The zero-order chi connectivity index (χ0) is 15.6. The van der Waals surface area contributed by atoms with Crippen molar-refractivity contribution in [3.8, 4) is 0 Å². The predicted molar refractivity (Wildman–Crippen MR) is 74.6 cm³/mol. The number of benzene rings is 1. The van der Waals surface area contributed by atoms with Gasteiger partial charge in [0.15, 0.2) is 0 Å². The predicted octanol–water partition coefficient (Wildman–Crippen LogP) is 1.88. The molecule has 1 amide bonds. The lowest BCUT2D eigenvalue weighted by molar-refractivity contribution is -0.313. The van der Waals surface area contributed by atoms with Crippen LogP contribution < -0.4 is 10.4 Å². The van der Waals surface area contributed by atoms with Gasteiger partial charge in [0.05, 0.1) is 5.92 Å². The molecule has 0 unspecified atom stereocenters. The molecule has 0 bridgehead atoms. The van der Waals surface area contributed by atoms with Gasteiger partial charge in [-0.2, -0.15) is 0 Å². The van der Waals surface area contributed by atoms with E-state index in [1.54, 1.807) is 0 Å². The third-order valence-electron chi connectivity index (χ3n) is 4.02. The molecular weight excluding hydrogens is 273 g/mol. The van der Waals surface area contributed by atoms with E-state index >= 15 is 0 Å². The van der Waals surface area contributed by atoms with E-state index < -0.39 is 23.6 Å². The summed E-state index contributed by atoms with van der Waals surface area (Å²) >= 11 is 0. The first-order valence-corrected chi connectivity index (χ1v) is 6.81. The maximum atomic E-state index is 12.8. The molecule has 0 saturated carbocycles. The molecule has 2 rings (SSSR count). The summed E-state index contributed by atoms with van der Waals surface area (Å²) in [5.74, 6) is -3.46. The van der Waals surface area contributed by atoms with Gasteiger partial charge in [-0.05, 0) is 51.0 Å². The minimum absolute atomic E-state index is 0.329. The molecule has 0 radical (unpaired) electrons. The Bertz CT molecular complexity index is 592. The summed E-state index contributed by atoms with van der Waals surface area (Å²) in [4.78, 5) is 23.6. The number of carbonyl (C=O) groups is 2. The zero-order valence-corrected chi connectivity index (χ0v) is 12.0. The SMILES string of the molecule is CC1=C(C)C[C@@H](C(=O)[O-])[C@@H](C(=O)Nc2ccc(F)cc2)C1. The average molecular weight is 290 g/mol. The molecule has 5 heteroatoms. The normalized spacial score (nSPS) is 22.0. The summed E-state index contributed by atoms with van der Waals surface area (Å²) in [7, 11) is 0. The van der Waals surface area contributed by atoms with Crippen molar-refractivity contribution in [2.24, 2.45) is 11.8 Å². The van der Waals surface area contributed by atoms with Gasteiger partial charge in [0.2, 0.25) is 5.91 Å². The first kappa shape index (κ1) is 15.2. The molecule has 0 fully saturated rings. The van der Waals surface area contributed by atoms with Crippen LogP contribution in [0.4, 0.5) is 10.1 Å². The molecular formula is C16H17FNO3-. The van der Waals surface area contributed by atoms with Gasteiger partial charge in [-0.15, -0.1) is 0 Å². The number of hydrogen-bond acceptors (Lipinski definition) is 3. The summed E-state index contributed by atoms with van der Waals surface area (Å²) in [6.07, 6.45) is 0.729. The highest BCUT2D eigenvalue weighted by molar-refractivity contribution is 5.95. The Kier molecular flexibility index (Phi) is 4.40. The Labute approximate surface area is 122 Å². The topological polar surface area (TPSA) is 69.2 Å². The van der Waals surface area contributed by atoms with Crippen LogP contribution in [0.25, 0.3) is 0 Å². The highest BCUT2D eigenvalue weighted by Gasteiger charge is 2.33. The van der Waals surface area contributed by atoms with E-state index in [-0.39, 0.29) is 5.91 Å². The van der Waals surface area contributed by atoms with Crippen LogP contribution >= 0.6 is 0 Å². The van der Waals surface area contributed by atoms with Gasteiger partial charge < -0.3 is 15.2 Å². The van der Waals surface area contributed by atoms with Gasteiger partial charge in [0.25, 0.3) is 0 Å².